The lowest BCUT2D eigenvalue weighted by Crippen LogP contribution is -2.64. The monoisotopic (exact) mass is 232 g/mol. The van der Waals surface area contributed by atoms with Crippen LogP contribution >= 0.6 is 11.6 Å². The normalized spacial score (nSPS) is 22.3. The predicted molar refractivity (Wildman–Crippen MR) is 58.1 cm³/mol. The number of hydrogen-bond donors (Lipinski definition) is 1. The van der Waals surface area contributed by atoms with E-state index in [1.165, 1.54) is 0 Å². The molecule has 2 aliphatic heterocycles. The molecule has 2 rings (SSSR count). The van der Waals surface area contributed by atoms with E-state index in [1.54, 1.807) is 0 Å². The van der Waals surface area contributed by atoms with Crippen LogP contribution in [0.4, 0.5) is 0 Å². The molecule has 2 saturated heterocycles. The zero-order valence-corrected chi connectivity index (χ0v) is 9.50. The first-order chi connectivity index (χ1) is 7.29. The van der Waals surface area contributed by atoms with Gasteiger partial charge in [-0.2, -0.15) is 0 Å². The molecule has 15 heavy (non-hydrogen) atoms. The number of likely N-dealkylation sites (tertiary alicyclic amines) is 1. The van der Waals surface area contributed by atoms with Gasteiger partial charge in [0.15, 0.2) is 0 Å². The van der Waals surface area contributed by atoms with E-state index in [0.717, 1.165) is 32.7 Å². The van der Waals surface area contributed by atoms with Crippen LogP contribution in [0.3, 0.4) is 0 Å². The number of alkyl halides is 1. The van der Waals surface area contributed by atoms with E-state index < -0.39 is 0 Å². The maximum atomic E-state index is 11.5. The number of carbonyl (C=O) groups is 1. The molecular formula is C10H17ClN2O2. The van der Waals surface area contributed by atoms with Crippen molar-refractivity contribution in [2.75, 3.05) is 32.2 Å². The molecule has 4 nitrogen and oxygen atoms in total. The van der Waals surface area contributed by atoms with Gasteiger partial charge in [-0.1, -0.05) is 0 Å². The molecule has 1 N–H and O–H groups in total. The van der Waals surface area contributed by atoms with Crippen LogP contribution in [0, 0.1) is 0 Å². The second-order valence-electron chi connectivity index (χ2n) is 4.19. The van der Waals surface area contributed by atoms with Gasteiger partial charge in [0.2, 0.25) is 5.91 Å². The van der Waals surface area contributed by atoms with Crippen LogP contribution in [0.5, 0.6) is 0 Å². The average molecular weight is 233 g/mol. The largest absolute Gasteiger partial charge is 0.378 e. The van der Waals surface area contributed by atoms with Crippen molar-refractivity contribution in [2.45, 2.75) is 24.9 Å². The Kier molecular flexibility index (Phi) is 3.83. The van der Waals surface area contributed by atoms with Gasteiger partial charge in [0, 0.05) is 31.4 Å². The van der Waals surface area contributed by atoms with Gasteiger partial charge in [-0.05, 0) is 6.42 Å². The second kappa shape index (κ2) is 5.14. The second-order valence-corrected chi connectivity index (χ2v) is 4.57. The van der Waals surface area contributed by atoms with E-state index in [1.807, 2.05) is 4.90 Å². The Bertz CT molecular complexity index is 227. The number of ether oxygens (including phenoxy) is 1. The number of nitrogens with one attached hydrogen (secondary N) is 1. The Morgan fingerprint density at radius 2 is 2.13 bits per heavy atom. The number of amides is 1. The fraction of sp³-hybridized carbons (Fsp3) is 0.900. The predicted octanol–water partition coefficient (Wildman–Crippen LogP) is 0.205. The maximum absolute atomic E-state index is 11.5. The molecule has 2 fully saturated rings. The molecule has 86 valence electrons. The first kappa shape index (κ1) is 11.2. The van der Waals surface area contributed by atoms with Crippen molar-refractivity contribution >= 4 is 17.5 Å². The lowest BCUT2D eigenvalue weighted by Gasteiger charge is -2.43. The molecule has 5 heteroatoms. The van der Waals surface area contributed by atoms with Crippen molar-refractivity contribution < 1.29 is 9.53 Å². The standard InChI is InChI=1S/C10H17ClN2O2/c11-3-1-2-10(14)13-4-8(5-13)12-9-6-15-7-9/h8-9,12H,1-7H2. The van der Waals surface area contributed by atoms with Gasteiger partial charge < -0.3 is 15.0 Å². The molecule has 0 aromatic carbocycles. The molecule has 0 atom stereocenters. The molecule has 2 heterocycles. The molecule has 1 amide bonds. The molecule has 0 saturated carbocycles. The lowest BCUT2D eigenvalue weighted by molar-refractivity contribution is -0.136. The Morgan fingerprint density at radius 3 is 2.67 bits per heavy atom. The summed E-state index contributed by atoms with van der Waals surface area (Å²) in [6, 6.07) is 0.981. The van der Waals surface area contributed by atoms with Gasteiger partial charge in [-0.25, -0.2) is 0 Å². The van der Waals surface area contributed by atoms with Crippen LogP contribution in [-0.2, 0) is 9.53 Å². The fourth-order valence-electron chi connectivity index (χ4n) is 1.83. The molecule has 0 aromatic heterocycles. The summed E-state index contributed by atoms with van der Waals surface area (Å²) in [6.45, 7) is 3.32. The van der Waals surface area contributed by atoms with Gasteiger partial charge in [0.1, 0.15) is 0 Å². The Morgan fingerprint density at radius 1 is 1.40 bits per heavy atom. The maximum Gasteiger partial charge on any atom is 0.222 e. The Labute approximate surface area is 94.9 Å². The summed E-state index contributed by atoms with van der Waals surface area (Å²) in [7, 11) is 0. The highest BCUT2D eigenvalue weighted by molar-refractivity contribution is 6.17. The van der Waals surface area contributed by atoms with Gasteiger partial charge in [0.25, 0.3) is 0 Å². The van der Waals surface area contributed by atoms with Crippen LogP contribution in [0.25, 0.3) is 0 Å². The fourth-order valence-corrected chi connectivity index (χ4v) is 1.96. The van der Waals surface area contributed by atoms with Crippen molar-refractivity contribution in [1.82, 2.24) is 10.2 Å². The summed E-state index contributed by atoms with van der Waals surface area (Å²) in [5, 5.41) is 3.45. The number of rotatable bonds is 5. The molecule has 2 aliphatic rings. The highest BCUT2D eigenvalue weighted by atomic mass is 35.5. The van der Waals surface area contributed by atoms with E-state index >= 15 is 0 Å². The SMILES string of the molecule is O=C(CCCCl)N1CC(NC2COC2)C1. The highest BCUT2D eigenvalue weighted by Gasteiger charge is 2.32. The van der Waals surface area contributed by atoms with Crippen LogP contribution in [-0.4, -0.2) is 55.1 Å². The summed E-state index contributed by atoms with van der Waals surface area (Å²) in [6.07, 6.45) is 1.37. The molecule has 0 aliphatic carbocycles. The van der Waals surface area contributed by atoms with Crippen LogP contribution in [0.1, 0.15) is 12.8 Å². The van der Waals surface area contributed by atoms with Gasteiger partial charge in [-0.3, -0.25) is 4.79 Å². The summed E-state index contributed by atoms with van der Waals surface area (Å²) in [5.41, 5.74) is 0. The van der Waals surface area contributed by atoms with Crippen molar-refractivity contribution in [2.24, 2.45) is 0 Å². The smallest absolute Gasteiger partial charge is 0.222 e. The van der Waals surface area contributed by atoms with Crippen LogP contribution in [0.15, 0.2) is 0 Å². The van der Waals surface area contributed by atoms with E-state index in [4.69, 9.17) is 16.3 Å². The number of hydrogen-bond acceptors (Lipinski definition) is 3. The molecular weight excluding hydrogens is 216 g/mol. The zero-order valence-electron chi connectivity index (χ0n) is 8.75. The average Bonchev–Trinajstić information content (AvgIpc) is 2.09. The summed E-state index contributed by atoms with van der Waals surface area (Å²) < 4.78 is 5.07. The number of nitrogens with zero attached hydrogens (tertiary/aromatic N) is 1. The van der Waals surface area contributed by atoms with E-state index in [0.29, 0.717) is 24.4 Å². The minimum atomic E-state index is 0.235. The quantitative estimate of drug-likeness (QED) is 0.689. The highest BCUT2D eigenvalue weighted by Crippen LogP contribution is 2.13. The first-order valence-electron chi connectivity index (χ1n) is 5.47. The molecule has 0 bridgehead atoms. The Hall–Kier alpha value is -0.320. The van der Waals surface area contributed by atoms with Gasteiger partial charge in [-0.15, -0.1) is 11.6 Å². The van der Waals surface area contributed by atoms with E-state index in [-0.39, 0.29) is 5.91 Å². The summed E-state index contributed by atoms with van der Waals surface area (Å²) in [5.74, 6) is 0.805. The van der Waals surface area contributed by atoms with Crippen molar-refractivity contribution in [1.29, 1.82) is 0 Å². The topological polar surface area (TPSA) is 41.6 Å². The van der Waals surface area contributed by atoms with E-state index in [2.05, 4.69) is 5.32 Å². The minimum absolute atomic E-state index is 0.235. The molecule has 0 aromatic rings. The Balaban J connectivity index is 1.57. The number of halogens is 1. The van der Waals surface area contributed by atoms with Crippen molar-refractivity contribution in [3.05, 3.63) is 0 Å². The van der Waals surface area contributed by atoms with Crippen molar-refractivity contribution in [3.63, 3.8) is 0 Å². The van der Waals surface area contributed by atoms with Crippen LogP contribution in [0.2, 0.25) is 0 Å². The van der Waals surface area contributed by atoms with Crippen molar-refractivity contribution in [3.8, 4) is 0 Å². The molecule has 0 spiro atoms. The third-order valence-electron chi connectivity index (χ3n) is 2.87. The summed E-state index contributed by atoms with van der Waals surface area (Å²) in [4.78, 5) is 13.4. The zero-order chi connectivity index (χ0) is 10.7. The molecule has 0 unspecified atom stereocenters. The minimum Gasteiger partial charge on any atom is -0.378 e. The number of carbonyl (C=O) groups excluding carboxylic acids is 1. The third-order valence-corrected chi connectivity index (χ3v) is 3.14. The molecule has 0 radical (unpaired) electrons. The van der Waals surface area contributed by atoms with Crippen LogP contribution < -0.4 is 5.32 Å². The first-order valence-corrected chi connectivity index (χ1v) is 6.00. The van der Waals surface area contributed by atoms with Gasteiger partial charge in [0.05, 0.1) is 19.3 Å². The van der Waals surface area contributed by atoms with E-state index in [9.17, 15) is 4.79 Å². The lowest BCUT2D eigenvalue weighted by atomic mass is 10.1. The summed E-state index contributed by atoms with van der Waals surface area (Å²) >= 11 is 5.54. The third kappa shape index (κ3) is 2.83. The van der Waals surface area contributed by atoms with Gasteiger partial charge >= 0.3 is 0 Å².